The van der Waals surface area contributed by atoms with Crippen LogP contribution in [0.5, 0.6) is 0 Å². The van der Waals surface area contributed by atoms with Crippen molar-refractivity contribution in [1.82, 2.24) is 19.7 Å². The second kappa shape index (κ2) is 5.13. The number of aryl methyl sites for hydroxylation is 1. The molecule has 2 aromatic heterocycles. The molecular weight excluding hydrogens is 256 g/mol. The van der Waals surface area contributed by atoms with Crippen LogP contribution in [0.4, 0.5) is 0 Å². The molecule has 1 aliphatic heterocycles. The van der Waals surface area contributed by atoms with Crippen molar-refractivity contribution in [2.24, 2.45) is 7.05 Å². The fourth-order valence-corrected chi connectivity index (χ4v) is 2.57. The molecule has 1 N–H and O–H groups in total. The molecule has 1 atom stereocenters. The second-order valence-electron chi connectivity index (χ2n) is 5.08. The molecule has 1 aliphatic rings. The molecule has 0 aromatic carbocycles. The number of carbonyl (C=O) groups is 1. The van der Waals surface area contributed by atoms with Crippen LogP contribution in [0.2, 0.25) is 0 Å². The van der Waals surface area contributed by atoms with Crippen LogP contribution in [0.1, 0.15) is 16.8 Å². The number of ether oxygens (including phenoxy) is 1. The van der Waals surface area contributed by atoms with Gasteiger partial charge in [0, 0.05) is 50.4 Å². The van der Waals surface area contributed by atoms with Crippen LogP contribution in [-0.2, 0) is 11.8 Å². The number of aromatic amines is 1. The minimum Gasteiger partial charge on any atom is -0.383 e. The van der Waals surface area contributed by atoms with Gasteiger partial charge in [-0.05, 0) is 6.42 Å². The first-order valence-electron chi connectivity index (χ1n) is 6.66. The zero-order chi connectivity index (χ0) is 14.1. The largest absolute Gasteiger partial charge is 0.383 e. The molecule has 3 heterocycles. The molecule has 1 unspecified atom stereocenters. The fraction of sp³-hybridized carbons (Fsp3) is 0.429. The number of carbonyl (C=O) groups excluding carboxylic acids is 1. The lowest BCUT2D eigenvalue weighted by Gasteiger charge is -2.40. The number of aromatic nitrogens is 3. The van der Waals surface area contributed by atoms with Gasteiger partial charge >= 0.3 is 0 Å². The van der Waals surface area contributed by atoms with Gasteiger partial charge in [-0.3, -0.25) is 9.48 Å². The highest BCUT2D eigenvalue weighted by atomic mass is 16.5. The van der Waals surface area contributed by atoms with Gasteiger partial charge in [0.15, 0.2) is 0 Å². The molecule has 0 aliphatic carbocycles. The average Bonchev–Trinajstić information content (AvgIpc) is 3.02. The van der Waals surface area contributed by atoms with Crippen molar-refractivity contribution < 1.29 is 9.53 Å². The predicted octanol–water partition coefficient (Wildman–Crippen LogP) is 1.28. The van der Waals surface area contributed by atoms with Gasteiger partial charge in [-0.2, -0.15) is 5.10 Å². The first kappa shape index (κ1) is 12.9. The Morgan fingerprint density at radius 1 is 1.55 bits per heavy atom. The summed E-state index contributed by atoms with van der Waals surface area (Å²) in [6.07, 6.45) is 8.28. The number of hydrogen-bond donors (Lipinski definition) is 1. The molecule has 0 spiro atoms. The molecule has 1 saturated heterocycles. The van der Waals surface area contributed by atoms with Gasteiger partial charge in [-0.25, -0.2) is 0 Å². The number of hydrogen-bond acceptors (Lipinski definition) is 3. The number of methoxy groups -OCH3 is 1. The minimum atomic E-state index is 0.0541. The summed E-state index contributed by atoms with van der Waals surface area (Å²) in [5.41, 5.74) is 2.53. The van der Waals surface area contributed by atoms with E-state index in [1.165, 1.54) is 0 Å². The lowest BCUT2D eigenvalue weighted by Crippen LogP contribution is -2.53. The highest BCUT2D eigenvalue weighted by Crippen LogP contribution is 2.27. The van der Waals surface area contributed by atoms with Crippen molar-refractivity contribution >= 4 is 5.91 Å². The maximum Gasteiger partial charge on any atom is 0.256 e. The van der Waals surface area contributed by atoms with E-state index in [0.29, 0.717) is 12.2 Å². The van der Waals surface area contributed by atoms with Crippen molar-refractivity contribution in [3.63, 3.8) is 0 Å². The molecule has 0 radical (unpaired) electrons. The molecule has 1 fully saturated rings. The summed E-state index contributed by atoms with van der Waals surface area (Å²) < 4.78 is 6.88. The van der Waals surface area contributed by atoms with E-state index in [1.807, 2.05) is 24.3 Å². The molecular formula is C14H18N4O2. The van der Waals surface area contributed by atoms with Gasteiger partial charge in [-0.1, -0.05) is 0 Å². The van der Waals surface area contributed by atoms with Gasteiger partial charge in [0.05, 0.1) is 24.4 Å². The van der Waals surface area contributed by atoms with Crippen LogP contribution in [0.3, 0.4) is 0 Å². The van der Waals surface area contributed by atoms with Crippen LogP contribution in [0, 0.1) is 0 Å². The second-order valence-corrected chi connectivity index (χ2v) is 5.08. The Morgan fingerprint density at radius 3 is 3.00 bits per heavy atom. The summed E-state index contributed by atoms with van der Waals surface area (Å²) in [5, 5.41) is 4.15. The van der Waals surface area contributed by atoms with E-state index in [0.717, 1.165) is 24.1 Å². The number of nitrogens with zero attached hydrogens (tertiary/aromatic N) is 3. The standard InChI is InChI=1S/C14H18N4O2/c1-17-8-10(5-16-17)12-6-15-7-13(12)14(19)18-4-3-11(18)9-20-2/h5-8,11,15H,3-4,9H2,1-2H3. The molecule has 3 rings (SSSR count). The molecule has 6 heteroatoms. The SMILES string of the molecule is COCC1CCN1C(=O)c1c[nH]cc1-c1cnn(C)c1. The molecule has 1 amide bonds. The van der Waals surface area contributed by atoms with Crippen LogP contribution in [-0.4, -0.2) is 51.9 Å². The maximum atomic E-state index is 12.6. The van der Waals surface area contributed by atoms with E-state index in [4.69, 9.17) is 4.74 Å². The van der Waals surface area contributed by atoms with Gasteiger partial charge in [0.25, 0.3) is 5.91 Å². The van der Waals surface area contributed by atoms with Crippen LogP contribution >= 0.6 is 0 Å². The Bertz CT molecular complexity index is 616. The average molecular weight is 274 g/mol. The summed E-state index contributed by atoms with van der Waals surface area (Å²) in [7, 11) is 3.53. The topological polar surface area (TPSA) is 63.1 Å². The summed E-state index contributed by atoms with van der Waals surface area (Å²) in [4.78, 5) is 17.5. The van der Waals surface area contributed by atoms with Crippen molar-refractivity contribution in [3.8, 4) is 11.1 Å². The van der Waals surface area contributed by atoms with Crippen LogP contribution < -0.4 is 0 Å². The molecule has 106 valence electrons. The number of amides is 1. The predicted molar refractivity (Wildman–Crippen MR) is 74.3 cm³/mol. The van der Waals surface area contributed by atoms with Crippen molar-refractivity contribution in [2.75, 3.05) is 20.3 Å². The quantitative estimate of drug-likeness (QED) is 0.913. The number of likely N-dealkylation sites (tertiary alicyclic amines) is 1. The summed E-state index contributed by atoms with van der Waals surface area (Å²) in [6.45, 7) is 1.39. The minimum absolute atomic E-state index is 0.0541. The monoisotopic (exact) mass is 274 g/mol. The Hall–Kier alpha value is -2.08. The third-order valence-electron chi connectivity index (χ3n) is 3.76. The van der Waals surface area contributed by atoms with Crippen LogP contribution in [0.25, 0.3) is 11.1 Å². The zero-order valence-electron chi connectivity index (χ0n) is 11.7. The van der Waals surface area contributed by atoms with E-state index in [9.17, 15) is 4.79 Å². The zero-order valence-corrected chi connectivity index (χ0v) is 11.7. The van der Waals surface area contributed by atoms with Crippen molar-refractivity contribution in [2.45, 2.75) is 12.5 Å². The molecule has 6 nitrogen and oxygen atoms in total. The molecule has 0 saturated carbocycles. The Balaban J connectivity index is 1.84. The molecule has 20 heavy (non-hydrogen) atoms. The van der Waals surface area contributed by atoms with Crippen molar-refractivity contribution in [1.29, 1.82) is 0 Å². The summed E-state index contributed by atoms with van der Waals surface area (Å²) >= 11 is 0. The first-order valence-corrected chi connectivity index (χ1v) is 6.66. The first-order chi connectivity index (χ1) is 9.70. The smallest absolute Gasteiger partial charge is 0.256 e. The van der Waals surface area contributed by atoms with E-state index >= 15 is 0 Å². The number of H-pyrrole nitrogens is 1. The Morgan fingerprint density at radius 2 is 2.40 bits per heavy atom. The molecule has 0 bridgehead atoms. The third-order valence-corrected chi connectivity index (χ3v) is 3.76. The normalized spacial score (nSPS) is 18.1. The maximum absolute atomic E-state index is 12.6. The summed E-state index contributed by atoms with van der Waals surface area (Å²) in [6, 6.07) is 0.198. The lowest BCUT2D eigenvalue weighted by molar-refractivity contribution is 0.0202. The number of rotatable bonds is 4. The van der Waals surface area contributed by atoms with E-state index in [1.54, 1.807) is 24.2 Å². The molecule has 2 aromatic rings. The van der Waals surface area contributed by atoms with E-state index in [2.05, 4.69) is 10.1 Å². The van der Waals surface area contributed by atoms with Gasteiger partial charge < -0.3 is 14.6 Å². The lowest BCUT2D eigenvalue weighted by atomic mass is 10.0. The highest BCUT2D eigenvalue weighted by molar-refractivity contribution is 6.01. The van der Waals surface area contributed by atoms with Crippen LogP contribution in [0.15, 0.2) is 24.8 Å². The Labute approximate surface area is 117 Å². The van der Waals surface area contributed by atoms with Gasteiger partial charge in [0.2, 0.25) is 0 Å². The van der Waals surface area contributed by atoms with Crippen molar-refractivity contribution in [3.05, 3.63) is 30.4 Å². The number of nitrogens with one attached hydrogen (secondary N) is 1. The highest BCUT2D eigenvalue weighted by Gasteiger charge is 2.33. The summed E-state index contributed by atoms with van der Waals surface area (Å²) in [5.74, 6) is 0.0541. The van der Waals surface area contributed by atoms with Gasteiger partial charge in [-0.15, -0.1) is 0 Å². The fourth-order valence-electron chi connectivity index (χ4n) is 2.57. The van der Waals surface area contributed by atoms with E-state index < -0.39 is 0 Å². The van der Waals surface area contributed by atoms with E-state index in [-0.39, 0.29) is 11.9 Å². The third kappa shape index (κ3) is 2.12. The van der Waals surface area contributed by atoms with Gasteiger partial charge in [0.1, 0.15) is 0 Å². The Kier molecular flexibility index (Phi) is 3.31.